The van der Waals surface area contributed by atoms with Crippen molar-refractivity contribution in [3.8, 4) is 0 Å². The third kappa shape index (κ3) is 2.13. The second-order valence-electron chi connectivity index (χ2n) is 6.32. The smallest absolute Gasteiger partial charge is 0.0473 e. The van der Waals surface area contributed by atoms with Gasteiger partial charge in [0.05, 0.1) is 0 Å². The quantitative estimate of drug-likeness (QED) is 0.758. The van der Waals surface area contributed by atoms with Crippen molar-refractivity contribution in [1.29, 1.82) is 0 Å². The molecule has 17 heavy (non-hydrogen) atoms. The summed E-state index contributed by atoms with van der Waals surface area (Å²) in [5, 5.41) is 3.85. The second kappa shape index (κ2) is 4.87. The highest BCUT2D eigenvalue weighted by atomic mass is 15.3. The van der Waals surface area contributed by atoms with E-state index in [-0.39, 0.29) is 5.54 Å². The number of nitrogens with two attached hydrogens (primary N) is 1. The lowest BCUT2D eigenvalue weighted by Gasteiger charge is -2.36. The summed E-state index contributed by atoms with van der Waals surface area (Å²) in [6.07, 6.45) is 9.75. The molecule has 0 aromatic rings. The van der Waals surface area contributed by atoms with Gasteiger partial charge < -0.3 is 11.1 Å². The molecule has 3 N–H and O–H groups in total. The largest absolute Gasteiger partial charge is 0.329 e. The van der Waals surface area contributed by atoms with Crippen molar-refractivity contribution in [2.75, 3.05) is 26.2 Å². The molecule has 2 unspecified atom stereocenters. The number of nitrogens with one attached hydrogen (secondary N) is 1. The molecule has 2 atom stereocenters. The van der Waals surface area contributed by atoms with E-state index >= 15 is 0 Å². The van der Waals surface area contributed by atoms with Crippen LogP contribution in [0.3, 0.4) is 0 Å². The fourth-order valence-corrected chi connectivity index (χ4v) is 4.05. The number of hydrogen-bond donors (Lipinski definition) is 2. The van der Waals surface area contributed by atoms with E-state index in [9.17, 15) is 0 Å². The molecule has 2 aliphatic heterocycles. The first-order valence-electron chi connectivity index (χ1n) is 7.53. The van der Waals surface area contributed by atoms with Crippen molar-refractivity contribution in [3.63, 3.8) is 0 Å². The molecule has 1 saturated carbocycles. The van der Waals surface area contributed by atoms with Crippen molar-refractivity contribution in [1.82, 2.24) is 10.2 Å². The monoisotopic (exact) mass is 237 g/mol. The van der Waals surface area contributed by atoms with Crippen LogP contribution in [0.5, 0.6) is 0 Å². The van der Waals surface area contributed by atoms with Gasteiger partial charge in [0.1, 0.15) is 0 Å². The first kappa shape index (κ1) is 11.9. The van der Waals surface area contributed by atoms with Crippen molar-refractivity contribution in [2.24, 2.45) is 11.7 Å². The molecule has 0 spiro atoms. The Morgan fingerprint density at radius 3 is 2.76 bits per heavy atom. The van der Waals surface area contributed by atoms with E-state index in [2.05, 4.69) is 10.2 Å². The van der Waals surface area contributed by atoms with Gasteiger partial charge in [-0.25, -0.2) is 0 Å². The van der Waals surface area contributed by atoms with Gasteiger partial charge in [-0.2, -0.15) is 0 Å². The Balaban J connectivity index is 1.53. The van der Waals surface area contributed by atoms with Crippen molar-refractivity contribution in [2.45, 2.75) is 56.5 Å². The van der Waals surface area contributed by atoms with Crippen molar-refractivity contribution >= 4 is 0 Å². The van der Waals surface area contributed by atoms with Crippen LogP contribution in [-0.4, -0.2) is 42.7 Å². The summed E-state index contributed by atoms with van der Waals surface area (Å²) >= 11 is 0. The SMILES string of the molecule is NCC1(NCCC2CCC2)CCN2CCCC21. The van der Waals surface area contributed by atoms with Crippen LogP contribution >= 0.6 is 0 Å². The van der Waals surface area contributed by atoms with E-state index in [1.54, 1.807) is 0 Å². The van der Waals surface area contributed by atoms with Gasteiger partial charge in [0.2, 0.25) is 0 Å². The molecule has 3 fully saturated rings. The number of fused-ring (bicyclic) bond motifs is 1. The minimum absolute atomic E-state index is 0.250. The number of hydrogen-bond acceptors (Lipinski definition) is 3. The Hall–Kier alpha value is -0.120. The van der Waals surface area contributed by atoms with Crippen LogP contribution in [0.4, 0.5) is 0 Å². The van der Waals surface area contributed by atoms with Crippen LogP contribution in [0.15, 0.2) is 0 Å². The van der Waals surface area contributed by atoms with Gasteiger partial charge in [-0.15, -0.1) is 0 Å². The van der Waals surface area contributed by atoms with Crippen LogP contribution in [0.25, 0.3) is 0 Å². The molecule has 2 heterocycles. The molecule has 98 valence electrons. The average molecular weight is 237 g/mol. The van der Waals surface area contributed by atoms with E-state index in [4.69, 9.17) is 5.73 Å². The summed E-state index contributed by atoms with van der Waals surface area (Å²) in [6.45, 7) is 4.57. The zero-order valence-electron chi connectivity index (χ0n) is 11.0. The van der Waals surface area contributed by atoms with Gasteiger partial charge in [0.25, 0.3) is 0 Å². The first-order valence-corrected chi connectivity index (χ1v) is 7.53. The summed E-state index contributed by atoms with van der Waals surface area (Å²) in [5.74, 6) is 1.01. The van der Waals surface area contributed by atoms with Gasteiger partial charge >= 0.3 is 0 Å². The van der Waals surface area contributed by atoms with Gasteiger partial charge in [-0.1, -0.05) is 19.3 Å². The van der Waals surface area contributed by atoms with Crippen LogP contribution in [-0.2, 0) is 0 Å². The standard InChI is InChI=1S/C14H27N3/c15-11-14(16-8-6-12-3-1-4-12)7-10-17-9-2-5-13(14)17/h12-13,16H,1-11,15H2. The Morgan fingerprint density at radius 1 is 1.18 bits per heavy atom. The highest BCUT2D eigenvalue weighted by Gasteiger charge is 2.47. The van der Waals surface area contributed by atoms with Crippen LogP contribution < -0.4 is 11.1 Å². The maximum Gasteiger partial charge on any atom is 0.0473 e. The molecule has 0 aromatic heterocycles. The maximum atomic E-state index is 6.10. The molecule has 3 rings (SSSR count). The molecule has 3 nitrogen and oxygen atoms in total. The highest BCUT2D eigenvalue weighted by molar-refractivity contribution is 5.08. The van der Waals surface area contributed by atoms with E-state index in [1.807, 2.05) is 0 Å². The Kier molecular flexibility index (Phi) is 3.42. The minimum Gasteiger partial charge on any atom is -0.329 e. The topological polar surface area (TPSA) is 41.3 Å². The summed E-state index contributed by atoms with van der Waals surface area (Å²) < 4.78 is 0. The summed E-state index contributed by atoms with van der Waals surface area (Å²) in [7, 11) is 0. The molecule has 0 bridgehead atoms. The predicted octanol–water partition coefficient (Wildman–Crippen LogP) is 1.33. The fraction of sp³-hybridized carbons (Fsp3) is 1.00. The number of nitrogens with zero attached hydrogens (tertiary/aromatic N) is 1. The fourth-order valence-electron chi connectivity index (χ4n) is 4.05. The summed E-state index contributed by atoms with van der Waals surface area (Å²) in [5.41, 5.74) is 6.35. The van der Waals surface area contributed by atoms with E-state index < -0.39 is 0 Å². The average Bonchev–Trinajstić information content (AvgIpc) is 2.85. The molecular weight excluding hydrogens is 210 g/mol. The highest BCUT2D eigenvalue weighted by Crippen LogP contribution is 2.36. The lowest BCUT2D eigenvalue weighted by molar-refractivity contribution is 0.215. The van der Waals surface area contributed by atoms with Gasteiger partial charge in [0.15, 0.2) is 0 Å². The third-order valence-electron chi connectivity index (χ3n) is 5.47. The van der Waals surface area contributed by atoms with Crippen LogP contribution in [0, 0.1) is 5.92 Å². The van der Waals surface area contributed by atoms with E-state index in [1.165, 1.54) is 64.6 Å². The van der Waals surface area contributed by atoms with Gasteiger partial charge in [-0.3, -0.25) is 4.90 Å². The summed E-state index contributed by atoms with van der Waals surface area (Å²) in [4.78, 5) is 2.66. The van der Waals surface area contributed by atoms with Gasteiger partial charge in [-0.05, 0) is 44.7 Å². The lowest BCUT2D eigenvalue weighted by Crippen LogP contribution is -2.58. The molecule has 2 saturated heterocycles. The zero-order chi connectivity index (χ0) is 11.7. The van der Waals surface area contributed by atoms with Crippen molar-refractivity contribution in [3.05, 3.63) is 0 Å². The Bertz CT molecular complexity index is 264. The van der Waals surface area contributed by atoms with Crippen molar-refractivity contribution < 1.29 is 0 Å². The second-order valence-corrected chi connectivity index (χ2v) is 6.32. The van der Waals surface area contributed by atoms with E-state index in [0.717, 1.165) is 18.5 Å². The minimum atomic E-state index is 0.250. The molecule has 3 aliphatic rings. The summed E-state index contributed by atoms with van der Waals surface area (Å²) in [6, 6.07) is 0.730. The molecule has 0 aromatic carbocycles. The Labute approximate surface area is 105 Å². The molecular formula is C14H27N3. The van der Waals surface area contributed by atoms with Gasteiger partial charge in [0, 0.05) is 24.7 Å². The van der Waals surface area contributed by atoms with Crippen LogP contribution in [0.1, 0.15) is 44.9 Å². The Morgan fingerprint density at radius 2 is 2.06 bits per heavy atom. The molecule has 0 radical (unpaired) electrons. The lowest BCUT2D eigenvalue weighted by atomic mass is 9.82. The predicted molar refractivity (Wildman–Crippen MR) is 71.0 cm³/mol. The number of rotatable bonds is 5. The molecule has 0 amide bonds. The normalized spacial score (nSPS) is 38.3. The maximum absolute atomic E-state index is 6.10. The van der Waals surface area contributed by atoms with E-state index in [0.29, 0.717) is 0 Å². The molecule has 1 aliphatic carbocycles. The third-order valence-corrected chi connectivity index (χ3v) is 5.47. The molecule has 3 heteroatoms. The van der Waals surface area contributed by atoms with Crippen LogP contribution in [0.2, 0.25) is 0 Å². The first-order chi connectivity index (χ1) is 8.34. The zero-order valence-corrected chi connectivity index (χ0v) is 11.0.